The average molecular weight is 291 g/mol. The summed E-state index contributed by atoms with van der Waals surface area (Å²) in [5.74, 6) is -3.20. The lowest BCUT2D eigenvalue weighted by atomic mass is 10.0. The molecule has 0 bridgehead atoms. The first-order valence-electron chi connectivity index (χ1n) is 6.13. The van der Waals surface area contributed by atoms with Gasteiger partial charge >= 0.3 is 0 Å². The van der Waals surface area contributed by atoms with Gasteiger partial charge in [-0.3, -0.25) is 0 Å². The van der Waals surface area contributed by atoms with Crippen LogP contribution in [0.25, 0.3) is 0 Å². The van der Waals surface area contributed by atoms with Crippen molar-refractivity contribution >= 4 is 11.8 Å². The summed E-state index contributed by atoms with van der Waals surface area (Å²) >= 11 is 1.59. The molecule has 1 aliphatic heterocycles. The third-order valence-electron chi connectivity index (χ3n) is 3.23. The topological polar surface area (TPSA) is 21.3 Å². The van der Waals surface area contributed by atoms with Gasteiger partial charge in [-0.25, -0.2) is 8.78 Å². The van der Waals surface area contributed by atoms with E-state index in [4.69, 9.17) is 4.74 Å². The molecule has 1 saturated heterocycles. The van der Waals surface area contributed by atoms with Crippen molar-refractivity contribution in [3.8, 4) is 5.75 Å². The van der Waals surface area contributed by atoms with Gasteiger partial charge in [0, 0.05) is 18.2 Å². The Hall–Kier alpha value is -0.880. The Kier molecular flexibility index (Phi) is 4.99. The van der Waals surface area contributed by atoms with E-state index in [2.05, 4.69) is 5.32 Å². The Morgan fingerprint density at radius 3 is 2.79 bits per heavy atom. The van der Waals surface area contributed by atoms with Gasteiger partial charge in [0.1, 0.15) is 6.10 Å². The van der Waals surface area contributed by atoms with Crippen molar-refractivity contribution in [3.63, 3.8) is 0 Å². The Morgan fingerprint density at radius 2 is 2.16 bits per heavy atom. The van der Waals surface area contributed by atoms with Crippen LogP contribution in [0.2, 0.25) is 0 Å². The van der Waals surface area contributed by atoms with Crippen molar-refractivity contribution in [1.29, 1.82) is 0 Å². The van der Waals surface area contributed by atoms with Crippen molar-refractivity contribution in [2.75, 3.05) is 25.1 Å². The van der Waals surface area contributed by atoms with Gasteiger partial charge in [-0.1, -0.05) is 0 Å². The van der Waals surface area contributed by atoms with Gasteiger partial charge in [-0.2, -0.15) is 16.2 Å². The Bertz CT molecular complexity index is 438. The molecule has 1 aromatic carbocycles. The molecule has 19 heavy (non-hydrogen) atoms. The number of ether oxygens (including phenoxy) is 1. The Balaban J connectivity index is 2.14. The van der Waals surface area contributed by atoms with E-state index in [1.165, 1.54) is 0 Å². The average Bonchev–Trinajstić information content (AvgIpc) is 2.92. The van der Waals surface area contributed by atoms with Crippen molar-refractivity contribution in [1.82, 2.24) is 5.32 Å². The normalized spacial score (nSPS) is 20.5. The lowest BCUT2D eigenvalue weighted by molar-refractivity contribution is 0.156. The van der Waals surface area contributed by atoms with E-state index in [9.17, 15) is 13.2 Å². The Labute approximate surface area is 114 Å². The smallest absolute Gasteiger partial charge is 0.203 e. The lowest BCUT2D eigenvalue weighted by Gasteiger charge is -2.24. The number of rotatable bonds is 5. The largest absolute Gasteiger partial charge is 0.486 e. The monoisotopic (exact) mass is 291 g/mol. The molecule has 2 rings (SSSR count). The SMILES string of the molecule is CSC[C@@H](Oc1ccc(F)c(F)c1F)[C@H]1CCNC1. The molecule has 0 amide bonds. The van der Waals surface area contributed by atoms with Gasteiger partial charge in [0.15, 0.2) is 17.4 Å². The quantitative estimate of drug-likeness (QED) is 0.843. The van der Waals surface area contributed by atoms with E-state index in [0.29, 0.717) is 5.75 Å². The van der Waals surface area contributed by atoms with Crippen LogP contribution in [0.15, 0.2) is 12.1 Å². The molecule has 2 nitrogen and oxygen atoms in total. The zero-order chi connectivity index (χ0) is 13.8. The van der Waals surface area contributed by atoms with Gasteiger partial charge in [-0.15, -0.1) is 0 Å². The van der Waals surface area contributed by atoms with Gasteiger partial charge in [0.25, 0.3) is 0 Å². The molecule has 1 heterocycles. The van der Waals surface area contributed by atoms with Crippen molar-refractivity contribution < 1.29 is 17.9 Å². The molecule has 0 aliphatic carbocycles. The van der Waals surface area contributed by atoms with Crippen molar-refractivity contribution in [2.24, 2.45) is 5.92 Å². The number of nitrogens with one attached hydrogen (secondary N) is 1. The van der Waals surface area contributed by atoms with Crippen LogP contribution in [0.4, 0.5) is 13.2 Å². The zero-order valence-electron chi connectivity index (χ0n) is 10.6. The second-order valence-electron chi connectivity index (χ2n) is 4.54. The maximum atomic E-state index is 13.6. The first-order chi connectivity index (χ1) is 9.13. The zero-order valence-corrected chi connectivity index (χ0v) is 11.4. The molecule has 0 aromatic heterocycles. The molecule has 0 unspecified atom stereocenters. The highest BCUT2D eigenvalue weighted by Crippen LogP contribution is 2.27. The number of hydrogen-bond acceptors (Lipinski definition) is 3. The number of hydrogen-bond donors (Lipinski definition) is 1. The second-order valence-corrected chi connectivity index (χ2v) is 5.45. The maximum Gasteiger partial charge on any atom is 0.203 e. The minimum Gasteiger partial charge on any atom is -0.486 e. The number of benzene rings is 1. The fraction of sp³-hybridized carbons (Fsp3) is 0.538. The van der Waals surface area contributed by atoms with Crippen LogP contribution in [0.3, 0.4) is 0 Å². The fourth-order valence-corrected chi connectivity index (χ4v) is 2.86. The minimum absolute atomic E-state index is 0.204. The van der Waals surface area contributed by atoms with Gasteiger partial charge in [0.05, 0.1) is 0 Å². The second kappa shape index (κ2) is 6.52. The van der Waals surface area contributed by atoms with Crippen LogP contribution < -0.4 is 10.1 Å². The van der Waals surface area contributed by atoms with Crippen LogP contribution in [0.1, 0.15) is 6.42 Å². The first-order valence-corrected chi connectivity index (χ1v) is 7.52. The predicted octanol–water partition coefficient (Wildman–Crippen LogP) is 2.82. The molecule has 1 N–H and O–H groups in total. The van der Waals surface area contributed by atoms with Crippen LogP contribution >= 0.6 is 11.8 Å². The summed E-state index contributed by atoms with van der Waals surface area (Å²) in [6, 6.07) is 2.03. The van der Waals surface area contributed by atoms with E-state index in [0.717, 1.165) is 31.6 Å². The summed E-state index contributed by atoms with van der Waals surface area (Å²) in [6.07, 6.45) is 2.67. The molecular weight excluding hydrogens is 275 g/mol. The summed E-state index contributed by atoms with van der Waals surface area (Å²) in [5, 5.41) is 3.22. The molecular formula is C13H16F3NOS. The fourth-order valence-electron chi connectivity index (χ4n) is 2.19. The predicted molar refractivity (Wildman–Crippen MR) is 70.1 cm³/mol. The molecule has 1 aromatic rings. The molecule has 0 spiro atoms. The summed E-state index contributed by atoms with van der Waals surface area (Å²) < 4.78 is 45.2. The summed E-state index contributed by atoms with van der Waals surface area (Å²) in [5.41, 5.74) is 0. The lowest BCUT2D eigenvalue weighted by Crippen LogP contribution is -2.31. The first kappa shape index (κ1) is 14.5. The summed E-state index contributed by atoms with van der Waals surface area (Å²) in [6.45, 7) is 1.70. The molecule has 6 heteroatoms. The highest BCUT2D eigenvalue weighted by molar-refractivity contribution is 7.98. The Morgan fingerprint density at radius 1 is 1.37 bits per heavy atom. The van der Waals surface area contributed by atoms with Gasteiger partial charge in [-0.05, 0) is 31.4 Å². The molecule has 2 atom stereocenters. The third-order valence-corrected chi connectivity index (χ3v) is 3.90. The van der Waals surface area contributed by atoms with Gasteiger partial charge < -0.3 is 10.1 Å². The van der Waals surface area contributed by atoms with E-state index in [1.54, 1.807) is 11.8 Å². The van der Waals surface area contributed by atoms with Crippen LogP contribution in [-0.2, 0) is 0 Å². The van der Waals surface area contributed by atoms with E-state index in [-0.39, 0.29) is 17.8 Å². The molecule has 106 valence electrons. The van der Waals surface area contributed by atoms with Crippen molar-refractivity contribution in [2.45, 2.75) is 12.5 Å². The van der Waals surface area contributed by atoms with Crippen molar-refractivity contribution in [3.05, 3.63) is 29.6 Å². The molecule has 0 radical (unpaired) electrons. The molecule has 1 aliphatic rings. The standard InChI is InChI=1S/C13H16F3NOS/c1-19-7-11(8-4-5-17-6-8)18-10-3-2-9(14)12(15)13(10)16/h2-3,8,11,17H,4-7H2,1H3/t8-,11+/m0/s1. The van der Waals surface area contributed by atoms with Crippen LogP contribution in [0, 0.1) is 23.4 Å². The summed E-state index contributed by atoms with van der Waals surface area (Å²) in [7, 11) is 0. The molecule has 1 fully saturated rings. The maximum absolute atomic E-state index is 13.6. The van der Waals surface area contributed by atoms with Crippen LogP contribution in [0.5, 0.6) is 5.75 Å². The number of thioether (sulfide) groups is 1. The minimum atomic E-state index is -1.48. The highest BCUT2D eigenvalue weighted by Gasteiger charge is 2.27. The van der Waals surface area contributed by atoms with Gasteiger partial charge in [0.2, 0.25) is 5.82 Å². The van der Waals surface area contributed by atoms with E-state index in [1.807, 2.05) is 6.26 Å². The molecule has 0 saturated carbocycles. The van der Waals surface area contributed by atoms with E-state index < -0.39 is 17.5 Å². The highest BCUT2D eigenvalue weighted by atomic mass is 32.2. The summed E-state index contributed by atoms with van der Waals surface area (Å²) in [4.78, 5) is 0. The third kappa shape index (κ3) is 3.36. The van der Waals surface area contributed by atoms with E-state index >= 15 is 0 Å². The van der Waals surface area contributed by atoms with Crippen LogP contribution in [-0.4, -0.2) is 31.2 Å². The number of halogens is 3.